The van der Waals surface area contributed by atoms with Crippen molar-refractivity contribution in [2.75, 3.05) is 5.32 Å². The molecule has 0 radical (unpaired) electrons. The average Bonchev–Trinajstić information content (AvgIpc) is 3.32. The molecular formula is C21H21N5OS2. The second kappa shape index (κ2) is 8.34. The number of anilines is 1. The molecule has 0 spiro atoms. The Morgan fingerprint density at radius 2 is 2.03 bits per heavy atom. The van der Waals surface area contributed by atoms with Gasteiger partial charge in [-0.25, -0.2) is 4.98 Å². The van der Waals surface area contributed by atoms with E-state index in [4.69, 9.17) is 4.98 Å². The summed E-state index contributed by atoms with van der Waals surface area (Å²) in [5, 5.41) is 12.4. The number of thiazole rings is 1. The maximum Gasteiger partial charge on any atom is 0.237 e. The molecule has 0 saturated heterocycles. The molecular weight excluding hydrogens is 402 g/mol. The molecule has 0 fully saturated rings. The van der Waals surface area contributed by atoms with Crippen molar-refractivity contribution in [3.8, 4) is 10.6 Å². The van der Waals surface area contributed by atoms with E-state index in [-0.39, 0.29) is 11.2 Å². The highest BCUT2D eigenvalue weighted by atomic mass is 32.2. The summed E-state index contributed by atoms with van der Waals surface area (Å²) in [7, 11) is 1.87. The van der Waals surface area contributed by atoms with Crippen LogP contribution in [0.3, 0.4) is 0 Å². The van der Waals surface area contributed by atoms with Gasteiger partial charge in [-0.05, 0) is 55.3 Å². The fourth-order valence-corrected chi connectivity index (χ4v) is 4.87. The number of thioether (sulfide) groups is 1. The van der Waals surface area contributed by atoms with Crippen molar-refractivity contribution >= 4 is 44.9 Å². The van der Waals surface area contributed by atoms with E-state index in [0.29, 0.717) is 6.42 Å². The Balaban J connectivity index is 1.46. The van der Waals surface area contributed by atoms with Crippen molar-refractivity contribution in [3.05, 3.63) is 54.4 Å². The molecule has 29 heavy (non-hydrogen) atoms. The summed E-state index contributed by atoms with van der Waals surface area (Å²) in [6, 6.07) is 14.1. The summed E-state index contributed by atoms with van der Waals surface area (Å²) in [4.78, 5) is 17.4. The molecule has 4 aromatic rings. The summed E-state index contributed by atoms with van der Waals surface area (Å²) in [6.45, 7) is 4.08. The molecule has 2 aromatic carbocycles. The number of rotatable bonds is 6. The van der Waals surface area contributed by atoms with E-state index in [9.17, 15) is 4.79 Å². The summed E-state index contributed by atoms with van der Waals surface area (Å²) < 4.78 is 3.00. The van der Waals surface area contributed by atoms with Crippen LogP contribution in [0.2, 0.25) is 0 Å². The lowest BCUT2D eigenvalue weighted by molar-refractivity contribution is -0.115. The molecule has 0 aliphatic heterocycles. The highest BCUT2D eigenvalue weighted by Crippen LogP contribution is 2.31. The number of aromatic nitrogens is 4. The number of benzene rings is 2. The van der Waals surface area contributed by atoms with Crippen molar-refractivity contribution < 1.29 is 4.79 Å². The molecule has 0 aliphatic carbocycles. The highest BCUT2D eigenvalue weighted by Gasteiger charge is 2.20. The number of hydrogen-bond donors (Lipinski definition) is 1. The summed E-state index contributed by atoms with van der Waals surface area (Å²) in [5.41, 5.74) is 4.06. The minimum Gasteiger partial charge on any atom is -0.325 e. The first-order chi connectivity index (χ1) is 14.0. The Bertz CT molecular complexity index is 1150. The van der Waals surface area contributed by atoms with E-state index in [1.54, 1.807) is 17.7 Å². The second-order valence-electron chi connectivity index (χ2n) is 6.80. The molecule has 2 aromatic heterocycles. The molecule has 8 heteroatoms. The SMILES string of the molecule is CC[C@@H](Sc1nncn1C)C(=O)Nc1ccc(-c2nc3ccc(C)cc3s2)cc1. The zero-order valence-corrected chi connectivity index (χ0v) is 18.0. The van der Waals surface area contributed by atoms with Gasteiger partial charge in [0.1, 0.15) is 11.3 Å². The Labute approximate surface area is 177 Å². The predicted molar refractivity (Wildman–Crippen MR) is 119 cm³/mol. The Morgan fingerprint density at radius 3 is 2.72 bits per heavy atom. The van der Waals surface area contributed by atoms with Gasteiger partial charge in [0.05, 0.1) is 15.5 Å². The van der Waals surface area contributed by atoms with Gasteiger partial charge >= 0.3 is 0 Å². The van der Waals surface area contributed by atoms with Crippen LogP contribution in [0.4, 0.5) is 5.69 Å². The van der Waals surface area contributed by atoms with Gasteiger partial charge in [0.15, 0.2) is 5.16 Å². The third kappa shape index (κ3) is 4.33. The monoisotopic (exact) mass is 423 g/mol. The van der Waals surface area contributed by atoms with Crippen LogP contribution in [0.1, 0.15) is 18.9 Å². The zero-order chi connectivity index (χ0) is 20.4. The highest BCUT2D eigenvalue weighted by molar-refractivity contribution is 8.00. The van der Waals surface area contributed by atoms with Crippen LogP contribution < -0.4 is 5.32 Å². The second-order valence-corrected chi connectivity index (χ2v) is 9.00. The fourth-order valence-electron chi connectivity index (χ4n) is 2.90. The number of amides is 1. The van der Waals surface area contributed by atoms with Crippen molar-refractivity contribution in [1.82, 2.24) is 19.7 Å². The lowest BCUT2D eigenvalue weighted by atomic mass is 10.2. The van der Waals surface area contributed by atoms with Crippen LogP contribution in [0.15, 0.2) is 53.9 Å². The number of aryl methyl sites for hydroxylation is 2. The molecule has 1 atom stereocenters. The average molecular weight is 424 g/mol. The molecule has 0 aliphatic rings. The normalized spacial score (nSPS) is 12.2. The molecule has 2 heterocycles. The number of hydrogen-bond acceptors (Lipinski definition) is 6. The largest absolute Gasteiger partial charge is 0.325 e. The predicted octanol–water partition coefficient (Wildman–Crippen LogP) is 4.91. The first kappa shape index (κ1) is 19.6. The Kier molecular flexibility index (Phi) is 5.64. The lowest BCUT2D eigenvalue weighted by Crippen LogP contribution is -2.24. The maximum absolute atomic E-state index is 12.7. The molecule has 6 nitrogen and oxygen atoms in total. The van der Waals surface area contributed by atoms with Gasteiger partial charge in [0, 0.05) is 18.3 Å². The topological polar surface area (TPSA) is 72.7 Å². The van der Waals surface area contributed by atoms with Gasteiger partial charge < -0.3 is 9.88 Å². The molecule has 0 unspecified atom stereocenters. The van der Waals surface area contributed by atoms with Gasteiger partial charge in [-0.15, -0.1) is 21.5 Å². The van der Waals surface area contributed by atoms with Crippen LogP contribution in [0, 0.1) is 6.92 Å². The minimum absolute atomic E-state index is 0.0382. The van der Waals surface area contributed by atoms with Crippen LogP contribution in [0.25, 0.3) is 20.8 Å². The van der Waals surface area contributed by atoms with Crippen LogP contribution >= 0.6 is 23.1 Å². The Morgan fingerprint density at radius 1 is 1.24 bits per heavy atom. The molecule has 1 amide bonds. The minimum atomic E-state index is -0.231. The van der Waals surface area contributed by atoms with Gasteiger partial charge in [-0.3, -0.25) is 4.79 Å². The zero-order valence-electron chi connectivity index (χ0n) is 16.4. The summed E-state index contributed by atoms with van der Waals surface area (Å²) >= 11 is 3.10. The van der Waals surface area contributed by atoms with Crippen molar-refractivity contribution in [3.63, 3.8) is 0 Å². The third-order valence-corrected chi connectivity index (χ3v) is 7.00. The fraction of sp³-hybridized carbons (Fsp3) is 0.238. The first-order valence-electron chi connectivity index (χ1n) is 9.32. The van der Waals surface area contributed by atoms with E-state index in [1.165, 1.54) is 22.0 Å². The van der Waals surface area contributed by atoms with E-state index in [1.807, 2.05) is 42.8 Å². The number of nitrogens with zero attached hydrogens (tertiary/aromatic N) is 4. The quantitative estimate of drug-likeness (QED) is 0.446. The standard InChI is InChI=1S/C21H21N5OS2/c1-4-17(29-21-25-22-12-26(21)3)19(27)23-15-8-6-14(7-9-15)20-24-16-10-5-13(2)11-18(16)28-20/h5-12,17H,4H2,1-3H3,(H,23,27)/t17-/m1/s1. The van der Waals surface area contributed by atoms with Gasteiger partial charge in [-0.2, -0.15) is 0 Å². The maximum atomic E-state index is 12.7. The number of nitrogens with one attached hydrogen (secondary N) is 1. The molecule has 148 valence electrons. The third-order valence-electron chi connectivity index (χ3n) is 4.52. The molecule has 0 saturated carbocycles. The number of fused-ring (bicyclic) bond motifs is 1. The molecule has 0 bridgehead atoms. The van der Waals surface area contributed by atoms with E-state index in [0.717, 1.165) is 26.9 Å². The van der Waals surface area contributed by atoms with Gasteiger partial charge in [0.2, 0.25) is 5.91 Å². The van der Waals surface area contributed by atoms with Crippen molar-refractivity contribution in [2.24, 2.45) is 7.05 Å². The number of carbonyl (C=O) groups is 1. The van der Waals surface area contributed by atoms with E-state index >= 15 is 0 Å². The van der Waals surface area contributed by atoms with E-state index in [2.05, 4.69) is 40.6 Å². The first-order valence-corrected chi connectivity index (χ1v) is 11.0. The van der Waals surface area contributed by atoms with Crippen LogP contribution in [0.5, 0.6) is 0 Å². The van der Waals surface area contributed by atoms with Crippen LogP contribution in [-0.4, -0.2) is 30.9 Å². The Hall–Kier alpha value is -2.71. The van der Waals surface area contributed by atoms with E-state index < -0.39 is 0 Å². The lowest BCUT2D eigenvalue weighted by Gasteiger charge is -2.14. The van der Waals surface area contributed by atoms with Gasteiger partial charge in [-0.1, -0.05) is 24.8 Å². The van der Waals surface area contributed by atoms with Crippen LogP contribution in [-0.2, 0) is 11.8 Å². The number of carbonyl (C=O) groups excluding carboxylic acids is 1. The summed E-state index contributed by atoms with van der Waals surface area (Å²) in [5.74, 6) is -0.0382. The smallest absolute Gasteiger partial charge is 0.237 e. The summed E-state index contributed by atoms with van der Waals surface area (Å²) in [6.07, 6.45) is 2.33. The van der Waals surface area contributed by atoms with Gasteiger partial charge in [0.25, 0.3) is 0 Å². The van der Waals surface area contributed by atoms with Crippen molar-refractivity contribution in [2.45, 2.75) is 30.7 Å². The van der Waals surface area contributed by atoms with Crippen molar-refractivity contribution in [1.29, 1.82) is 0 Å². The molecule has 1 N–H and O–H groups in total. The molecule has 4 rings (SSSR count).